The van der Waals surface area contributed by atoms with Crippen LogP contribution in [-0.4, -0.2) is 29.1 Å². The first-order valence-electron chi connectivity index (χ1n) is 7.71. The molecule has 0 aliphatic carbocycles. The van der Waals surface area contributed by atoms with E-state index in [4.69, 9.17) is 9.26 Å². The topological polar surface area (TPSA) is 84.7 Å². The van der Waals surface area contributed by atoms with Crippen molar-refractivity contribution in [3.05, 3.63) is 47.3 Å². The van der Waals surface area contributed by atoms with Gasteiger partial charge in [0.15, 0.2) is 0 Å². The van der Waals surface area contributed by atoms with E-state index in [1.165, 1.54) is 4.90 Å². The Morgan fingerprint density at radius 2 is 2.00 bits per heavy atom. The number of aryl methyl sites for hydroxylation is 1. The molecule has 1 N–H and O–H groups in total. The number of carbonyl (C=O) groups is 2. The molecule has 3 amide bonds. The van der Waals surface area contributed by atoms with Crippen molar-refractivity contribution in [2.75, 3.05) is 7.11 Å². The van der Waals surface area contributed by atoms with E-state index in [9.17, 15) is 9.59 Å². The van der Waals surface area contributed by atoms with Crippen molar-refractivity contribution in [1.29, 1.82) is 0 Å². The number of rotatable bonds is 5. The molecule has 1 aliphatic rings. The SMILES string of the molecule is CC[C@@]1(c2ccc(OC)cc2)NC(=O)N(Cc2cc(C)on2)C1=O. The van der Waals surface area contributed by atoms with Gasteiger partial charge in [0.1, 0.15) is 22.7 Å². The molecule has 1 atom stereocenters. The van der Waals surface area contributed by atoms with Gasteiger partial charge in [-0.1, -0.05) is 24.2 Å². The van der Waals surface area contributed by atoms with Crippen LogP contribution in [0.1, 0.15) is 30.4 Å². The fourth-order valence-corrected chi connectivity index (χ4v) is 2.94. The van der Waals surface area contributed by atoms with Crippen LogP contribution in [-0.2, 0) is 16.9 Å². The number of ether oxygens (including phenoxy) is 1. The van der Waals surface area contributed by atoms with E-state index in [1.807, 2.05) is 6.92 Å². The molecule has 0 saturated carbocycles. The summed E-state index contributed by atoms with van der Waals surface area (Å²) in [6.07, 6.45) is 0.443. The number of benzene rings is 1. The van der Waals surface area contributed by atoms with E-state index in [2.05, 4.69) is 10.5 Å². The van der Waals surface area contributed by atoms with Gasteiger partial charge >= 0.3 is 6.03 Å². The summed E-state index contributed by atoms with van der Waals surface area (Å²) in [5.41, 5.74) is 0.197. The van der Waals surface area contributed by atoms with Crippen molar-refractivity contribution in [3.63, 3.8) is 0 Å². The number of hydrogen-bond acceptors (Lipinski definition) is 5. The number of amides is 3. The second-order valence-electron chi connectivity index (χ2n) is 5.74. The Hall–Kier alpha value is -2.83. The van der Waals surface area contributed by atoms with E-state index < -0.39 is 11.6 Å². The van der Waals surface area contributed by atoms with Crippen molar-refractivity contribution in [2.24, 2.45) is 0 Å². The molecule has 0 bridgehead atoms. The fraction of sp³-hybridized carbons (Fsp3) is 0.353. The Balaban J connectivity index is 1.91. The van der Waals surface area contributed by atoms with E-state index in [1.54, 1.807) is 44.4 Å². The van der Waals surface area contributed by atoms with Crippen LogP contribution in [0.2, 0.25) is 0 Å². The van der Waals surface area contributed by atoms with Crippen LogP contribution >= 0.6 is 0 Å². The van der Waals surface area contributed by atoms with Gasteiger partial charge in [0.2, 0.25) is 0 Å². The van der Waals surface area contributed by atoms with E-state index >= 15 is 0 Å². The number of methoxy groups -OCH3 is 1. The lowest BCUT2D eigenvalue weighted by Gasteiger charge is -2.25. The van der Waals surface area contributed by atoms with Crippen LogP contribution in [0.15, 0.2) is 34.9 Å². The van der Waals surface area contributed by atoms with Crippen LogP contribution in [0.5, 0.6) is 5.75 Å². The summed E-state index contributed by atoms with van der Waals surface area (Å²) in [6, 6.07) is 8.42. The second kappa shape index (κ2) is 5.99. The summed E-state index contributed by atoms with van der Waals surface area (Å²) in [6.45, 7) is 3.71. The lowest BCUT2D eigenvalue weighted by molar-refractivity contribution is -0.132. The van der Waals surface area contributed by atoms with Gasteiger partial charge < -0.3 is 14.6 Å². The lowest BCUT2D eigenvalue weighted by Crippen LogP contribution is -2.43. The standard InChI is InChI=1S/C17H19N3O4/c1-4-17(12-5-7-14(23-3)8-6-12)15(21)20(16(22)18-17)10-13-9-11(2)24-19-13/h5-9H,4,10H2,1-3H3,(H,18,22)/t17-/m0/s1. The predicted molar refractivity (Wildman–Crippen MR) is 85.3 cm³/mol. The van der Waals surface area contributed by atoms with Crippen LogP contribution in [0, 0.1) is 6.92 Å². The number of carbonyl (C=O) groups excluding carboxylic acids is 2. The van der Waals surface area contributed by atoms with E-state index in [0.717, 1.165) is 5.56 Å². The summed E-state index contributed by atoms with van der Waals surface area (Å²) in [7, 11) is 1.58. The van der Waals surface area contributed by atoms with Crippen molar-refractivity contribution >= 4 is 11.9 Å². The van der Waals surface area contributed by atoms with Gasteiger partial charge in [-0.3, -0.25) is 9.69 Å². The molecule has 7 heteroatoms. The third kappa shape index (κ3) is 2.51. The Morgan fingerprint density at radius 1 is 1.29 bits per heavy atom. The number of imide groups is 1. The molecule has 2 aromatic rings. The van der Waals surface area contributed by atoms with Crippen molar-refractivity contribution in [1.82, 2.24) is 15.4 Å². The Kier molecular flexibility index (Phi) is 4.01. The smallest absolute Gasteiger partial charge is 0.325 e. The van der Waals surface area contributed by atoms with E-state index in [0.29, 0.717) is 23.6 Å². The molecule has 0 spiro atoms. The number of hydrogen-bond donors (Lipinski definition) is 1. The highest BCUT2D eigenvalue weighted by molar-refractivity contribution is 6.07. The molecule has 3 rings (SSSR count). The van der Waals surface area contributed by atoms with Gasteiger partial charge in [-0.2, -0.15) is 0 Å². The third-order valence-corrected chi connectivity index (χ3v) is 4.29. The lowest BCUT2D eigenvalue weighted by atomic mass is 9.87. The molecule has 1 fully saturated rings. The van der Waals surface area contributed by atoms with Crippen molar-refractivity contribution in [3.8, 4) is 5.75 Å². The minimum atomic E-state index is -1.07. The van der Waals surface area contributed by atoms with Gasteiger partial charge in [0, 0.05) is 6.07 Å². The first kappa shape index (κ1) is 16.0. The largest absolute Gasteiger partial charge is 0.497 e. The monoisotopic (exact) mass is 329 g/mol. The second-order valence-corrected chi connectivity index (χ2v) is 5.74. The molecule has 24 heavy (non-hydrogen) atoms. The molecule has 126 valence electrons. The highest BCUT2D eigenvalue weighted by atomic mass is 16.5. The summed E-state index contributed by atoms with van der Waals surface area (Å²) in [5, 5.41) is 6.69. The quantitative estimate of drug-likeness (QED) is 0.851. The van der Waals surface area contributed by atoms with Gasteiger partial charge in [0.05, 0.1) is 13.7 Å². The summed E-state index contributed by atoms with van der Waals surface area (Å²) < 4.78 is 10.1. The first-order chi connectivity index (χ1) is 11.5. The number of nitrogens with zero attached hydrogens (tertiary/aromatic N) is 2. The zero-order chi connectivity index (χ0) is 17.3. The average molecular weight is 329 g/mol. The van der Waals surface area contributed by atoms with Crippen LogP contribution < -0.4 is 10.1 Å². The molecule has 2 heterocycles. The summed E-state index contributed by atoms with van der Waals surface area (Å²) in [4.78, 5) is 26.5. The van der Waals surface area contributed by atoms with Gasteiger partial charge in [-0.25, -0.2) is 4.79 Å². The van der Waals surface area contributed by atoms with E-state index in [-0.39, 0.29) is 12.5 Å². The molecule has 1 aromatic heterocycles. The summed E-state index contributed by atoms with van der Waals surface area (Å²) >= 11 is 0. The number of urea groups is 1. The Bertz CT molecular complexity index is 768. The average Bonchev–Trinajstić information content (AvgIpc) is 3.11. The zero-order valence-electron chi connectivity index (χ0n) is 13.8. The molecule has 1 aromatic carbocycles. The fourth-order valence-electron chi connectivity index (χ4n) is 2.94. The molecule has 1 aliphatic heterocycles. The maximum Gasteiger partial charge on any atom is 0.325 e. The minimum Gasteiger partial charge on any atom is -0.497 e. The third-order valence-electron chi connectivity index (χ3n) is 4.29. The molecule has 0 radical (unpaired) electrons. The van der Waals surface area contributed by atoms with Crippen LogP contribution in [0.3, 0.4) is 0 Å². The predicted octanol–water partition coefficient (Wildman–Crippen LogP) is 2.35. The highest BCUT2D eigenvalue weighted by Crippen LogP contribution is 2.34. The normalized spacial score (nSPS) is 20.4. The number of nitrogens with one attached hydrogen (secondary N) is 1. The van der Waals surface area contributed by atoms with Crippen molar-refractivity contribution < 1.29 is 18.8 Å². The minimum absolute atomic E-state index is 0.0832. The highest BCUT2D eigenvalue weighted by Gasteiger charge is 2.51. The molecule has 7 nitrogen and oxygen atoms in total. The van der Waals surface area contributed by atoms with Gasteiger partial charge in [0.25, 0.3) is 5.91 Å². The van der Waals surface area contributed by atoms with Crippen LogP contribution in [0.25, 0.3) is 0 Å². The Labute approximate surface area is 139 Å². The summed E-state index contributed by atoms with van der Waals surface area (Å²) in [5.74, 6) is 1.03. The zero-order valence-corrected chi connectivity index (χ0v) is 13.8. The van der Waals surface area contributed by atoms with Crippen molar-refractivity contribution in [2.45, 2.75) is 32.4 Å². The maximum absolute atomic E-state index is 13.0. The van der Waals surface area contributed by atoms with Gasteiger partial charge in [-0.15, -0.1) is 0 Å². The van der Waals surface area contributed by atoms with Gasteiger partial charge in [-0.05, 0) is 31.0 Å². The molecule has 0 unspecified atom stereocenters. The Morgan fingerprint density at radius 3 is 2.54 bits per heavy atom. The first-order valence-corrected chi connectivity index (χ1v) is 7.71. The molecular formula is C17H19N3O4. The molecular weight excluding hydrogens is 310 g/mol. The van der Waals surface area contributed by atoms with Crippen LogP contribution in [0.4, 0.5) is 4.79 Å². The number of aromatic nitrogens is 1. The molecule has 1 saturated heterocycles. The maximum atomic E-state index is 13.0.